The highest BCUT2D eigenvalue weighted by Crippen LogP contribution is 2.62. The fraction of sp³-hybridized carbons (Fsp3) is 0.105. The maximum atomic E-state index is 15.8. The Morgan fingerprint density at radius 1 is 0.625 bits per heavy atom. The van der Waals surface area contributed by atoms with Crippen molar-refractivity contribution in [1.82, 2.24) is 0 Å². The first-order chi connectivity index (χ1) is 26.2. The molecule has 2 aliphatic rings. The Labute approximate surface area is 309 Å². The second-order valence-electron chi connectivity index (χ2n) is 11.4. The summed E-state index contributed by atoms with van der Waals surface area (Å²) in [4.78, 5) is 12.5. The van der Waals surface area contributed by atoms with E-state index in [1.165, 1.54) is 6.07 Å². The molecule has 18 heteroatoms. The first-order valence-corrected chi connectivity index (χ1v) is 14.8. The molecular formula is C38H9F9N8O. The first kappa shape index (κ1) is 38.9. The van der Waals surface area contributed by atoms with Crippen molar-refractivity contribution in [2.45, 2.75) is 25.6 Å². The lowest BCUT2D eigenvalue weighted by atomic mass is 9.81. The van der Waals surface area contributed by atoms with E-state index in [-0.39, 0.29) is 11.3 Å². The van der Waals surface area contributed by atoms with E-state index in [0.717, 1.165) is 49.4 Å². The number of allylic oxidation sites excluding steroid dienone is 5. The van der Waals surface area contributed by atoms with Crippen LogP contribution in [0.1, 0.15) is 62.6 Å². The summed E-state index contributed by atoms with van der Waals surface area (Å²) in [6.07, 6.45) is -17.7. The molecule has 0 fully saturated rings. The zero-order valence-electron chi connectivity index (χ0n) is 27.4. The molecule has 0 aliphatic heterocycles. The Kier molecular flexibility index (Phi) is 9.45. The second-order valence-corrected chi connectivity index (χ2v) is 11.4. The topological polar surface area (TPSA) is 122 Å². The Hall–Kier alpha value is -8.29. The summed E-state index contributed by atoms with van der Waals surface area (Å²) in [6.45, 7) is 31.3. The van der Waals surface area contributed by atoms with Gasteiger partial charge >= 0.3 is 18.7 Å². The summed E-state index contributed by atoms with van der Waals surface area (Å²) in [5.74, 6) is -1.97. The van der Waals surface area contributed by atoms with Crippen molar-refractivity contribution in [2.24, 2.45) is 0 Å². The molecule has 0 saturated carbocycles. The molecule has 2 aliphatic carbocycles. The number of hydrogen-bond donors (Lipinski definition) is 0. The average molecular weight is 765 g/mol. The SMILES string of the molecule is [C-]#[N+]C1=C(C)/C(=C(\[N+]#[C-])c2cc(C#N)cc([N+]#[C-])c2)c2c1c(C(F)(F)F)c1c(c2C(F)(F)F)C(=C(C#N)c2cc(C#N)cc([N+]#[C-])c2)C(OC(F)(F)F)=C1C#N. The van der Waals surface area contributed by atoms with Gasteiger partial charge in [0.1, 0.15) is 17.7 Å². The summed E-state index contributed by atoms with van der Waals surface area (Å²) >= 11 is 0. The molecule has 0 N–H and O–H groups in total. The van der Waals surface area contributed by atoms with Crippen LogP contribution < -0.4 is 0 Å². The minimum Gasteiger partial charge on any atom is -0.404 e. The van der Waals surface area contributed by atoms with Gasteiger partial charge in [-0.25, -0.2) is 19.4 Å². The molecule has 0 aromatic heterocycles. The lowest BCUT2D eigenvalue weighted by Gasteiger charge is -2.25. The Balaban J connectivity index is 2.23. The molecule has 0 atom stereocenters. The fourth-order valence-corrected chi connectivity index (χ4v) is 6.44. The van der Waals surface area contributed by atoms with Crippen LogP contribution in [0.25, 0.3) is 53.1 Å². The number of benzene rings is 3. The van der Waals surface area contributed by atoms with Gasteiger partial charge in [0.2, 0.25) is 0 Å². The van der Waals surface area contributed by atoms with Crippen LogP contribution in [-0.2, 0) is 17.1 Å². The van der Waals surface area contributed by atoms with E-state index in [0.29, 0.717) is 0 Å². The van der Waals surface area contributed by atoms with Gasteiger partial charge in [0.25, 0.3) is 0 Å². The normalized spacial score (nSPS) is 15.1. The molecule has 56 heavy (non-hydrogen) atoms. The number of fused-ring (bicyclic) bond motifs is 2. The average Bonchev–Trinajstić information content (AvgIpc) is 3.58. The van der Waals surface area contributed by atoms with Gasteiger partial charge < -0.3 is 4.74 Å². The van der Waals surface area contributed by atoms with Crippen LogP contribution in [-0.4, -0.2) is 6.36 Å². The summed E-state index contributed by atoms with van der Waals surface area (Å²) in [7, 11) is 0. The molecule has 5 rings (SSSR count). The third-order valence-corrected chi connectivity index (χ3v) is 8.30. The van der Waals surface area contributed by atoms with Gasteiger partial charge in [-0.15, -0.1) is 13.2 Å². The molecule has 0 radical (unpaired) electrons. The third-order valence-electron chi connectivity index (χ3n) is 8.30. The largest absolute Gasteiger partial charge is 0.573 e. The van der Waals surface area contributed by atoms with E-state index in [4.69, 9.17) is 26.3 Å². The van der Waals surface area contributed by atoms with Gasteiger partial charge in [0.15, 0.2) is 28.5 Å². The lowest BCUT2D eigenvalue weighted by molar-refractivity contribution is -0.302. The van der Waals surface area contributed by atoms with Gasteiger partial charge in [0, 0.05) is 33.4 Å². The number of rotatable bonds is 3. The molecule has 9 nitrogen and oxygen atoms in total. The fourth-order valence-electron chi connectivity index (χ4n) is 6.44. The van der Waals surface area contributed by atoms with Crippen molar-refractivity contribution < 1.29 is 44.3 Å². The van der Waals surface area contributed by atoms with Crippen molar-refractivity contribution >= 4 is 45.1 Å². The maximum absolute atomic E-state index is 15.8. The Morgan fingerprint density at radius 3 is 1.55 bits per heavy atom. The first-order valence-electron chi connectivity index (χ1n) is 14.8. The van der Waals surface area contributed by atoms with E-state index in [1.54, 1.807) is 12.1 Å². The highest BCUT2D eigenvalue weighted by molar-refractivity contribution is 6.19. The minimum absolute atomic E-state index is 0.305. The van der Waals surface area contributed by atoms with Crippen molar-refractivity contribution in [2.75, 3.05) is 0 Å². The van der Waals surface area contributed by atoms with Crippen LogP contribution in [0.15, 0.2) is 47.7 Å². The third kappa shape index (κ3) is 6.27. The van der Waals surface area contributed by atoms with Crippen LogP contribution in [0.2, 0.25) is 0 Å². The maximum Gasteiger partial charge on any atom is 0.573 e. The molecule has 3 aromatic carbocycles. The number of hydrogen-bond acceptors (Lipinski definition) is 5. The number of halogens is 9. The predicted molar refractivity (Wildman–Crippen MR) is 176 cm³/mol. The summed E-state index contributed by atoms with van der Waals surface area (Å²) in [5.41, 5.74) is -22.3. The second kappa shape index (κ2) is 13.6. The highest BCUT2D eigenvalue weighted by atomic mass is 19.4. The molecule has 270 valence electrons. The molecule has 0 saturated heterocycles. The van der Waals surface area contributed by atoms with Gasteiger partial charge in [-0.2, -0.15) is 47.4 Å². The van der Waals surface area contributed by atoms with Gasteiger partial charge in [0.05, 0.1) is 55.1 Å². The van der Waals surface area contributed by atoms with Crippen molar-refractivity contribution in [3.05, 3.63) is 149 Å². The quantitative estimate of drug-likeness (QED) is 0.149. The van der Waals surface area contributed by atoms with E-state index in [2.05, 4.69) is 24.1 Å². The molecule has 0 unspecified atom stereocenters. The zero-order chi connectivity index (χ0) is 41.7. The Bertz CT molecular complexity index is 2770. The number of ether oxygens (including phenoxy) is 1. The summed E-state index contributed by atoms with van der Waals surface area (Å²) in [5, 5.41) is 39.6. The van der Waals surface area contributed by atoms with Crippen LogP contribution in [0.4, 0.5) is 50.9 Å². The molecule has 3 aromatic rings. The Morgan fingerprint density at radius 2 is 1.12 bits per heavy atom. The number of nitriles is 4. The highest BCUT2D eigenvalue weighted by Gasteiger charge is 2.54. The smallest absolute Gasteiger partial charge is 0.404 e. The van der Waals surface area contributed by atoms with E-state index >= 15 is 26.3 Å². The van der Waals surface area contributed by atoms with Crippen LogP contribution >= 0.6 is 0 Å². The van der Waals surface area contributed by atoms with E-state index in [9.17, 15) is 34.2 Å². The van der Waals surface area contributed by atoms with Gasteiger partial charge in [-0.3, -0.25) is 0 Å². The molecular weight excluding hydrogens is 755 g/mol. The lowest BCUT2D eigenvalue weighted by Crippen LogP contribution is -2.20. The number of nitrogens with zero attached hydrogens (tertiary/aromatic N) is 8. The summed E-state index contributed by atoms with van der Waals surface area (Å²) < 4.78 is 140. The van der Waals surface area contributed by atoms with Gasteiger partial charge in [-0.1, -0.05) is 19.1 Å². The van der Waals surface area contributed by atoms with Crippen LogP contribution in [0.3, 0.4) is 0 Å². The van der Waals surface area contributed by atoms with Crippen LogP contribution in [0, 0.1) is 71.6 Å². The van der Waals surface area contributed by atoms with Crippen molar-refractivity contribution in [3.63, 3.8) is 0 Å². The van der Waals surface area contributed by atoms with Crippen LogP contribution in [0.5, 0.6) is 0 Å². The molecule has 0 spiro atoms. The molecule has 0 amide bonds. The van der Waals surface area contributed by atoms with Gasteiger partial charge in [-0.05, 0) is 52.1 Å². The standard InChI is InChI=1S/C38H9F9N8O/c1-16-25(34(55-5)20-7-18(13-49)9-22(11-20)53-3)28-30(33(16)54-4)31(36(39,40)41)26-24(15-51)35(56-38(45,46)47)27(29(26)32(28)37(42,43)44)23(14-50)19-6-17(12-48)8-21(10-19)52-2/h6-11H,1H3/b27-23?,34-25+. The predicted octanol–water partition coefficient (Wildman–Crippen LogP) is 11.2. The molecule has 0 heterocycles. The zero-order valence-corrected chi connectivity index (χ0v) is 27.4. The van der Waals surface area contributed by atoms with Crippen molar-refractivity contribution in [1.29, 1.82) is 21.0 Å². The summed E-state index contributed by atoms with van der Waals surface area (Å²) in [6, 6.07) is 11.0. The van der Waals surface area contributed by atoms with E-state index < -0.39 is 119 Å². The number of alkyl halides is 9. The monoisotopic (exact) mass is 764 g/mol. The van der Waals surface area contributed by atoms with E-state index in [1.807, 2.05) is 0 Å². The minimum atomic E-state index is -5.93. The molecule has 0 bridgehead atoms. The van der Waals surface area contributed by atoms with Crippen molar-refractivity contribution in [3.8, 4) is 24.3 Å².